The van der Waals surface area contributed by atoms with Gasteiger partial charge in [0.2, 0.25) is 0 Å². The van der Waals surface area contributed by atoms with Gasteiger partial charge in [-0.15, -0.1) is 0 Å². The number of carbonyl (C=O) groups is 1. The van der Waals surface area contributed by atoms with Crippen molar-refractivity contribution in [1.29, 1.82) is 0 Å². The summed E-state index contributed by atoms with van der Waals surface area (Å²) in [6.45, 7) is 1.85. The Labute approximate surface area is 107 Å². The van der Waals surface area contributed by atoms with E-state index >= 15 is 0 Å². The molecule has 0 radical (unpaired) electrons. The number of urea groups is 1. The minimum atomic E-state index is -0.200. The van der Waals surface area contributed by atoms with Gasteiger partial charge in [-0.2, -0.15) is 0 Å². The standard InChI is InChI=1S/C13H19N3O2/c17-12-6-4-10(5-7-12)15-13(18)16-11-3-1-2-8-14-9-11/h4-7,11,14,17H,1-3,8-9H2,(H2,15,16,18). The summed E-state index contributed by atoms with van der Waals surface area (Å²) in [7, 11) is 0. The molecule has 1 fully saturated rings. The molecule has 4 N–H and O–H groups in total. The molecule has 1 aliphatic rings. The highest BCUT2D eigenvalue weighted by Gasteiger charge is 2.14. The molecule has 98 valence electrons. The number of amides is 2. The summed E-state index contributed by atoms with van der Waals surface area (Å²) in [5, 5.41) is 18.1. The van der Waals surface area contributed by atoms with Gasteiger partial charge < -0.3 is 21.1 Å². The van der Waals surface area contributed by atoms with Crippen LogP contribution in [-0.2, 0) is 0 Å². The number of rotatable bonds is 2. The fraction of sp³-hybridized carbons (Fsp3) is 0.462. The predicted molar refractivity (Wildman–Crippen MR) is 70.8 cm³/mol. The van der Waals surface area contributed by atoms with Gasteiger partial charge in [0.15, 0.2) is 0 Å². The average molecular weight is 249 g/mol. The number of phenols is 1. The van der Waals surface area contributed by atoms with Crippen LogP contribution in [0.5, 0.6) is 5.75 Å². The molecule has 0 aromatic heterocycles. The Balaban J connectivity index is 1.82. The quantitative estimate of drug-likeness (QED) is 0.602. The fourth-order valence-electron chi connectivity index (χ4n) is 2.04. The molecule has 0 aliphatic carbocycles. The van der Waals surface area contributed by atoms with Crippen LogP contribution < -0.4 is 16.0 Å². The number of nitrogens with one attached hydrogen (secondary N) is 3. The number of carbonyl (C=O) groups excluding carboxylic acids is 1. The van der Waals surface area contributed by atoms with Crippen LogP contribution in [0.1, 0.15) is 19.3 Å². The van der Waals surface area contributed by atoms with Gasteiger partial charge in [0.25, 0.3) is 0 Å². The van der Waals surface area contributed by atoms with Crippen LogP contribution >= 0.6 is 0 Å². The minimum absolute atomic E-state index is 0.185. The highest BCUT2D eigenvalue weighted by molar-refractivity contribution is 5.89. The van der Waals surface area contributed by atoms with Crippen LogP contribution in [0.2, 0.25) is 0 Å². The third-order valence-electron chi connectivity index (χ3n) is 3.01. The summed E-state index contributed by atoms with van der Waals surface area (Å²) in [4.78, 5) is 11.8. The lowest BCUT2D eigenvalue weighted by Gasteiger charge is -2.16. The maximum absolute atomic E-state index is 11.8. The predicted octanol–water partition coefficient (Wildman–Crippen LogP) is 1.66. The van der Waals surface area contributed by atoms with Crippen LogP contribution in [0.15, 0.2) is 24.3 Å². The van der Waals surface area contributed by atoms with Crippen molar-refractivity contribution in [2.24, 2.45) is 0 Å². The van der Waals surface area contributed by atoms with E-state index in [-0.39, 0.29) is 17.8 Å². The highest BCUT2D eigenvalue weighted by atomic mass is 16.3. The smallest absolute Gasteiger partial charge is 0.319 e. The minimum Gasteiger partial charge on any atom is -0.508 e. The van der Waals surface area contributed by atoms with E-state index in [9.17, 15) is 4.79 Å². The Morgan fingerprint density at radius 1 is 1.28 bits per heavy atom. The lowest BCUT2D eigenvalue weighted by Crippen LogP contribution is -2.42. The molecule has 1 unspecified atom stereocenters. The number of benzene rings is 1. The van der Waals surface area contributed by atoms with E-state index in [0.29, 0.717) is 5.69 Å². The van der Waals surface area contributed by atoms with Crippen LogP contribution in [0.25, 0.3) is 0 Å². The summed E-state index contributed by atoms with van der Waals surface area (Å²) in [6.07, 6.45) is 3.31. The molecule has 1 aromatic carbocycles. The van der Waals surface area contributed by atoms with Gasteiger partial charge in [-0.1, -0.05) is 6.42 Å². The van der Waals surface area contributed by atoms with Gasteiger partial charge in [-0.25, -0.2) is 4.79 Å². The largest absolute Gasteiger partial charge is 0.508 e. The molecule has 1 aromatic rings. The summed E-state index contributed by atoms with van der Waals surface area (Å²) in [6, 6.07) is 6.41. The van der Waals surface area contributed by atoms with E-state index in [1.807, 2.05) is 0 Å². The molecular weight excluding hydrogens is 230 g/mol. The molecule has 1 saturated heterocycles. The molecule has 1 atom stereocenters. The van der Waals surface area contributed by atoms with Crippen molar-refractivity contribution in [3.05, 3.63) is 24.3 Å². The summed E-state index contributed by atoms with van der Waals surface area (Å²) >= 11 is 0. The molecule has 5 nitrogen and oxygen atoms in total. The van der Waals surface area contributed by atoms with Crippen molar-refractivity contribution in [3.8, 4) is 5.75 Å². The van der Waals surface area contributed by atoms with Gasteiger partial charge >= 0.3 is 6.03 Å². The first-order valence-electron chi connectivity index (χ1n) is 6.31. The Hall–Kier alpha value is -1.75. The Morgan fingerprint density at radius 2 is 2.06 bits per heavy atom. The fourth-order valence-corrected chi connectivity index (χ4v) is 2.04. The number of hydrogen-bond acceptors (Lipinski definition) is 3. The number of phenolic OH excluding ortho intramolecular Hbond substituents is 1. The third kappa shape index (κ3) is 3.92. The second kappa shape index (κ2) is 6.26. The first-order chi connectivity index (χ1) is 8.74. The molecule has 0 spiro atoms. The Morgan fingerprint density at radius 3 is 2.83 bits per heavy atom. The van der Waals surface area contributed by atoms with Crippen molar-refractivity contribution < 1.29 is 9.90 Å². The molecule has 1 heterocycles. The first-order valence-corrected chi connectivity index (χ1v) is 6.31. The van der Waals surface area contributed by atoms with Crippen LogP contribution in [0, 0.1) is 0 Å². The maximum atomic E-state index is 11.8. The van der Waals surface area contributed by atoms with Crippen molar-refractivity contribution in [1.82, 2.24) is 10.6 Å². The van der Waals surface area contributed by atoms with Crippen molar-refractivity contribution >= 4 is 11.7 Å². The summed E-state index contributed by atoms with van der Waals surface area (Å²) < 4.78 is 0. The molecule has 5 heteroatoms. The Bertz CT molecular complexity index is 384. The lowest BCUT2D eigenvalue weighted by atomic mass is 10.1. The van der Waals surface area contributed by atoms with Gasteiger partial charge in [-0.3, -0.25) is 0 Å². The normalized spacial score (nSPS) is 19.9. The van der Waals surface area contributed by atoms with E-state index in [0.717, 1.165) is 32.4 Å². The SMILES string of the molecule is O=C(Nc1ccc(O)cc1)NC1CCCCNC1. The zero-order valence-electron chi connectivity index (χ0n) is 10.3. The number of hydrogen-bond donors (Lipinski definition) is 4. The van der Waals surface area contributed by atoms with Gasteiger partial charge in [0.1, 0.15) is 5.75 Å². The van der Waals surface area contributed by atoms with Crippen LogP contribution in [-0.4, -0.2) is 30.3 Å². The van der Waals surface area contributed by atoms with E-state index in [1.54, 1.807) is 24.3 Å². The van der Waals surface area contributed by atoms with Crippen molar-refractivity contribution in [3.63, 3.8) is 0 Å². The first kappa shape index (κ1) is 12.7. The second-order valence-electron chi connectivity index (χ2n) is 4.54. The second-order valence-corrected chi connectivity index (χ2v) is 4.54. The van der Waals surface area contributed by atoms with Gasteiger partial charge in [-0.05, 0) is 43.7 Å². The molecular formula is C13H19N3O2. The van der Waals surface area contributed by atoms with Gasteiger partial charge in [0.05, 0.1) is 0 Å². The van der Waals surface area contributed by atoms with E-state index in [1.165, 1.54) is 0 Å². The number of anilines is 1. The molecule has 0 bridgehead atoms. The van der Waals surface area contributed by atoms with Crippen molar-refractivity contribution in [2.75, 3.05) is 18.4 Å². The zero-order chi connectivity index (χ0) is 12.8. The monoisotopic (exact) mass is 249 g/mol. The van der Waals surface area contributed by atoms with Crippen LogP contribution in [0.3, 0.4) is 0 Å². The molecule has 0 saturated carbocycles. The lowest BCUT2D eigenvalue weighted by molar-refractivity contribution is 0.247. The van der Waals surface area contributed by atoms with E-state index in [4.69, 9.17) is 5.11 Å². The summed E-state index contributed by atoms with van der Waals surface area (Å²) in [5.41, 5.74) is 0.673. The maximum Gasteiger partial charge on any atom is 0.319 e. The zero-order valence-corrected chi connectivity index (χ0v) is 10.3. The average Bonchev–Trinajstić information content (AvgIpc) is 2.61. The van der Waals surface area contributed by atoms with Crippen LogP contribution in [0.4, 0.5) is 10.5 Å². The molecule has 2 amide bonds. The summed E-state index contributed by atoms with van der Waals surface area (Å²) in [5.74, 6) is 0.189. The Kier molecular flexibility index (Phi) is 4.41. The van der Waals surface area contributed by atoms with E-state index in [2.05, 4.69) is 16.0 Å². The van der Waals surface area contributed by atoms with Gasteiger partial charge in [0, 0.05) is 18.3 Å². The van der Waals surface area contributed by atoms with Crippen molar-refractivity contribution in [2.45, 2.75) is 25.3 Å². The number of aromatic hydroxyl groups is 1. The van der Waals surface area contributed by atoms with E-state index < -0.39 is 0 Å². The molecule has 18 heavy (non-hydrogen) atoms. The topological polar surface area (TPSA) is 73.4 Å². The molecule has 2 rings (SSSR count). The highest BCUT2D eigenvalue weighted by Crippen LogP contribution is 2.13. The third-order valence-corrected chi connectivity index (χ3v) is 3.01. The molecule has 1 aliphatic heterocycles.